The van der Waals surface area contributed by atoms with Crippen molar-refractivity contribution in [3.63, 3.8) is 0 Å². The molecular weight excluding hydrogens is 284 g/mol. The van der Waals surface area contributed by atoms with Gasteiger partial charge in [0.05, 0.1) is 12.1 Å². The van der Waals surface area contributed by atoms with Gasteiger partial charge < -0.3 is 10.6 Å². The molecule has 1 aliphatic heterocycles. The highest BCUT2D eigenvalue weighted by atomic mass is 16.1. The monoisotopic (exact) mass is 308 g/mol. The van der Waals surface area contributed by atoms with Crippen molar-refractivity contribution in [2.24, 2.45) is 5.92 Å². The van der Waals surface area contributed by atoms with E-state index in [0.29, 0.717) is 12.3 Å². The first kappa shape index (κ1) is 15.8. The molecule has 0 saturated carbocycles. The third-order valence-electron chi connectivity index (χ3n) is 4.54. The normalized spacial score (nSPS) is 25.0. The summed E-state index contributed by atoms with van der Waals surface area (Å²) in [6.45, 7) is 4.32. The van der Waals surface area contributed by atoms with Gasteiger partial charge in [0.25, 0.3) is 0 Å². The van der Waals surface area contributed by atoms with E-state index in [1.807, 2.05) is 24.3 Å². The van der Waals surface area contributed by atoms with Crippen LogP contribution in [0.3, 0.4) is 0 Å². The van der Waals surface area contributed by atoms with Crippen LogP contribution < -0.4 is 10.6 Å². The Morgan fingerprint density at radius 1 is 0.913 bits per heavy atom. The molecule has 1 amide bonds. The molecule has 3 nitrogen and oxygen atoms in total. The number of benzene rings is 2. The summed E-state index contributed by atoms with van der Waals surface area (Å²) in [5.74, 6) is 0.467. The Labute approximate surface area is 138 Å². The fraction of sp³-hybridized carbons (Fsp3) is 0.350. The van der Waals surface area contributed by atoms with Crippen LogP contribution in [0, 0.1) is 5.92 Å². The number of carbonyl (C=O) groups excluding carboxylic acids is 1. The largest absolute Gasteiger partial charge is 0.351 e. The highest BCUT2D eigenvalue weighted by Crippen LogP contribution is 2.30. The van der Waals surface area contributed by atoms with E-state index in [9.17, 15) is 4.79 Å². The van der Waals surface area contributed by atoms with Gasteiger partial charge in [-0.15, -0.1) is 0 Å². The molecule has 3 rings (SSSR count). The maximum absolute atomic E-state index is 12.4. The lowest BCUT2D eigenvalue weighted by Crippen LogP contribution is -2.44. The Balaban J connectivity index is 1.96. The Morgan fingerprint density at radius 2 is 1.48 bits per heavy atom. The minimum Gasteiger partial charge on any atom is -0.351 e. The van der Waals surface area contributed by atoms with Gasteiger partial charge in [0.1, 0.15) is 0 Å². The standard InChI is InChI=1S/C20H24N2O/c1-14(2)19-20(16-11-7-4-8-12-16)21-17(13-18(23)22-19)15-9-5-3-6-10-15/h3-12,14,17,19-21H,13H2,1-2H3,(H,22,23)/t17-,19-,20-/m1/s1. The average molecular weight is 308 g/mol. The summed E-state index contributed by atoms with van der Waals surface area (Å²) in [6.07, 6.45) is 0.469. The van der Waals surface area contributed by atoms with Crippen LogP contribution in [0.15, 0.2) is 60.7 Å². The van der Waals surface area contributed by atoms with E-state index in [-0.39, 0.29) is 24.0 Å². The van der Waals surface area contributed by atoms with Crippen molar-refractivity contribution >= 4 is 5.91 Å². The Kier molecular flexibility index (Phi) is 4.77. The summed E-state index contributed by atoms with van der Waals surface area (Å²) in [6, 6.07) is 20.8. The molecule has 1 aliphatic rings. The third-order valence-corrected chi connectivity index (χ3v) is 4.54. The average Bonchev–Trinajstić information content (AvgIpc) is 2.76. The molecule has 2 aromatic rings. The molecule has 3 atom stereocenters. The number of rotatable bonds is 3. The molecule has 1 fully saturated rings. The highest BCUT2D eigenvalue weighted by molar-refractivity contribution is 5.77. The topological polar surface area (TPSA) is 41.1 Å². The molecule has 0 aliphatic carbocycles. The van der Waals surface area contributed by atoms with Crippen molar-refractivity contribution < 1.29 is 4.79 Å². The van der Waals surface area contributed by atoms with Crippen LogP contribution in [-0.2, 0) is 4.79 Å². The Morgan fingerprint density at radius 3 is 2.04 bits per heavy atom. The maximum atomic E-state index is 12.4. The molecule has 3 heteroatoms. The minimum absolute atomic E-state index is 0.0326. The first-order chi connectivity index (χ1) is 11.1. The van der Waals surface area contributed by atoms with E-state index in [1.165, 1.54) is 5.56 Å². The van der Waals surface area contributed by atoms with Gasteiger partial charge in [-0.2, -0.15) is 0 Å². The van der Waals surface area contributed by atoms with Crippen LogP contribution in [0.4, 0.5) is 0 Å². The van der Waals surface area contributed by atoms with E-state index >= 15 is 0 Å². The zero-order valence-corrected chi connectivity index (χ0v) is 13.7. The number of nitrogens with one attached hydrogen (secondary N) is 2. The highest BCUT2D eigenvalue weighted by Gasteiger charge is 2.33. The van der Waals surface area contributed by atoms with Gasteiger partial charge in [-0.25, -0.2) is 0 Å². The molecule has 120 valence electrons. The smallest absolute Gasteiger partial charge is 0.222 e. The minimum atomic E-state index is 0.0326. The van der Waals surface area contributed by atoms with Gasteiger partial charge in [0.15, 0.2) is 0 Å². The second kappa shape index (κ2) is 6.97. The zero-order valence-electron chi connectivity index (χ0n) is 13.7. The summed E-state index contributed by atoms with van der Waals surface area (Å²) in [4.78, 5) is 12.4. The Hall–Kier alpha value is -2.13. The fourth-order valence-corrected chi connectivity index (χ4v) is 3.31. The second-order valence-corrected chi connectivity index (χ2v) is 6.56. The van der Waals surface area contributed by atoms with Gasteiger partial charge in [0, 0.05) is 12.5 Å². The molecule has 23 heavy (non-hydrogen) atoms. The molecule has 2 N–H and O–H groups in total. The third kappa shape index (κ3) is 3.62. The molecule has 0 radical (unpaired) electrons. The molecule has 1 heterocycles. The van der Waals surface area contributed by atoms with Crippen LogP contribution in [0.5, 0.6) is 0 Å². The quantitative estimate of drug-likeness (QED) is 0.909. The van der Waals surface area contributed by atoms with Crippen molar-refractivity contribution in [1.82, 2.24) is 10.6 Å². The zero-order chi connectivity index (χ0) is 16.2. The summed E-state index contributed by atoms with van der Waals surface area (Å²) < 4.78 is 0. The first-order valence-electron chi connectivity index (χ1n) is 8.30. The summed E-state index contributed by atoms with van der Waals surface area (Å²) in [5, 5.41) is 6.95. The molecule has 0 aromatic heterocycles. The molecular formula is C20H24N2O. The molecule has 0 bridgehead atoms. The van der Waals surface area contributed by atoms with Crippen molar-refractivity contribution in [2.75, 3.05) is 0 Å². The van der Waals surface area contributed by atoms with Crippen LogP contribution in [-0.4, -0.2) is 11.9 Å². The molecule has 1 saturated heterocycles. The molecule has 0 spiro atoms. The lowest BCUT2D eigenvalue weighted by molar-refractivity contribution is -0.122. The SMILES string of the molecule is CC(C)[C@H]1NC(=O)C[C@H](c2ccccc2)N[C@@H]1c1ccccc1. The van der Waals surface area contributed by atoms with Crippen LogP contribution >= 0.6 is 0 Å². The second-order valence-electron chi connectivity index (χ2n) is 6.56. The van der Waals surface area contributed by atoms with Crippen molar-refractivity contribution in [3.05, 3.63) is 71.8 Å². The van der Waals surface area contributed by atoms with E-state index in [2.05, 4.69) is 60.9 Å². The number of hydrogen-bond acceptors (Lipinski definition) is 2. The summed E-state index contributed by atoms with van der Waals surface area (Å²) in [7, 11) is 0. The van der Waals surface area contributed by atoms with Crippen LogP contribution in [0.2, 0.25) is 0 Å². The summed E-state index contributed by atoms with van der Waals surface area (Å²) in [5.41, 5.74) is 2.38. The summed E-state index contributed by atoms with van der Waals surface area (Å²) >= 11 is 0. The van der Waals surface area contributed by atoms with Gasteiger partial charge in [0.2, 0.25) is 5.91 Å². The van der Waals surface area contributed by atoms with Crippen molar-refractivity contribution in [1.29, 1.82) is 0 Å². The molecule has 2 aromatic carbocycles. The number of carbonyl (C=O) groups is 1. The van der Waals surface area contributed by atoms with Gasteiger partial charge in [-0.05, 0) is 17.0 Å². The van der Waals surface area contributed by atoms with Gasteiger partial charge >= 0.3 is 0 Å². The van der Waals surface area contributed by atoms with Crippen LogP contribution in [0.1, 0.15) is 43.5 Å². The lowest BCUT2D eigenvalue weighted by Gasteiger charge is -2.31. The van der Waals surface area contributed by atoms with Gasteiger partial charge in [-0.1, -0.05) is 74.5 Å². The predicted octanol–water partition coefficient (Wildman–Crippen LogP) is 3.60. The van der Waals surface area contributed by atoms with E-state index in [1.54, 1.807) is 0 Å². The van der Waals surface area contributed by atoms with Crippen LogP contribution in [0.25, 0.3) is 0 Å². The first-order valence-corrected chi connectivity index (χ1v) is 8.30. The van der Waals surface area contributed by atoms with Crippen molar-refractivity contribution in [3.8, 4) is 0 Å². The lowest BCUT2D eigenvalue weighted by atomic mass is 9.90. The number of hydrogen-bond donors (Lipinski definition) is 2. The van der Waals surface area contributed by atoms with Gasteiger partial charge in [-0.3, -0.25) is 4.79 Å². The maximum Gasteiger partial charge on any atom is 0.222 e. The Bertz CT molecular complexity index is 639. The molecule has 0 unspecified atom stereocenters. The fourth-order valence-electron chi connectivity index (χ4n) is 3.31. The van der Waals surface area contributed by atoms with E-state index in [0.717, 1.165) is 5.56 Å². The number of amides is 1. The van der Waals surface area contributed by atoms with E-state index < -0.39 is 0 Å². The van der Waals surface area contributed by atoms with E-state index in [4.69, 9.17) is 0 Å². The predicted molar refractivity (Wildman–Crippen MR) is 92.9 cm³/mol. The van der Waals surface area contributed by atoms with Crippen molar-refractivity contribution in [2.45, 2.75) is 38.4 Å².